The number of aromatic nitrogens is 2. The first-order valence-electron chi connectivity index (χ1n) is 10.1. The van der Waals surface area contributed by atoms with Crippen molar-refractivity contribution in [2.24, 2.45) is 0 Å². The maximum absolute atomic E-state index is 12.9. The van der Waals surface area contributed by atoms with E-state index in [1.165, 1.54) is 12.1 Å². The van der Waals surface area contributed by atoms with Gasteiger partial charge < -0.3 is 10.1 Å². The van der Waals surface area contributed by atoms with Crippen LogP contribution in [0.15, 0.2) is 53.3 Å². The van der Waals surface area contributed by atoms with E-state index in [0.717, 1.165) is 12.1 Å². The molecule has 31 heavy (non-hydrogen) atoms. The number of rotatable bonds is 5. The molecule has 0 aliphatic carbocycles. The molecule has 1 fully saturated rings. The molecule has 0 spiro atoms. The number of benzene rings is 2. The number of fused-ring (bicyclic) bond motifs is 1. The molecular formula is C22H23F3N4O2. The molecule has 0 bridgehead atoms. The Morgan fingerprint density at radius 2 is 1.74 bits per heavy atom. The Hall–Kier alpha value is -2.75. The van der Waals surface area contributed by atoms with Gasteiger partial charge in [0.2, 0.25) is 0 Å². The van der Waals surface area contributed by atoms with Crippen LogP contribution in [-0.4, -0.2) is 57.6 Å². The van der Waals surface area contributed by atoms with Crippen LogP contribution in [0, 0.1) is 0 Å². The summed E-state index contributed by atoms with van der Waals surface area (Å²) in [6, 6.07) is 12.0. The highest BCUT2D eigenvalue weighted by Crippen LogP contribution is 2.31. The first-order valence-corrected chi connectivity index (χ1v) is 10.1. The Kier molecular flexibility index (Phi) is 6.08. The predicted octanol–water partition coefficient (Wildman–Crippen LogP) is 2.79. The van der Waals surface area contributed by atoms with Gasteiger partial charge in [-0.15, -0.1) is 0 Å². The Balaban J connectivity index is 1.33. The van der Waals surface area contributed by atoms with E-state index < -0.39 is 17.8 Å². The largest absolute Gasteiger partial charge is 0.416 e. The molecule has 1 aliphatic heterocycles. The zero-order valence-electron chi connectivity index (χ0n) is 16.8. The van der Waals surface area contributed by atoms with Gasteiger partial charge in [-0.1, -0.05) is 24.3 Å². The SMILES string of the molecule is O=c1[nH]c(CN2CCN(CC(O)c3cccc(C(F)(F)F)c3)CC2)nc2ccccc12. The predicted molar refractivity (Wildman–Crippen MR) is 110 cm³/mol. The number of piperazine rings is 1. The summed E-state index contributed by atoms with van der Waals surface area (Å²) >= 11 is 0. The highest BCUT2D eigenvalue weighted by atomic mass is 19.4. The molecule has 2 heterocycles. The summed E-state index contributed by atoms with van der Waals surface area (Å²) in [4.78, 5) is 23.7. The van der Waals surface area contributed by atoms with Crippen molar-refractivity contribution < 1.29 is 18.3 Å². The number of halogens is 3. The fraction of sp³-hybridized carbons (Fsp3) is 0.364. The topological polar surface area (TPSA) is 72.5 Å². The third kappa shape index (κ3) is 5.12. The average molecular weight is 432 g/mol. The Morgan fingerprint density at radius 3 is 2.48 bits per heavy atom. The Morgan fingerprint density at radius 1 is 1.03 bits per heavy atom. The fourth-order valence-electron chi connectivity index (χ4n) is 3.82. The lowest BCUT2D eigenvalue weighted by Crippen LogP contribution is -2.47. The maximum Gasteiger partial charge on any atom is 0.416 e. The molecule has 1 atom stereocenters. The van der Waals surface area contributed by atoms with Gasteiger partial charge in [-0.25, -0.2) is 4.98 Å². The maximum atomic E-state index is 12.9. The number of alkyl halides is 3. The van der Waals surface area contributed by atoms with Crippen molar-refractivity contribution in [1.82, 2.24) is 19.8 Å². The normalized spacial score (nSPS) is 17.2. The van der Waals surface area contributed by atoms with Gasteiger partial charge in [0.25, 0.3) is 5.56 Å². The van der Waals surface area contributed by atoms with Gasteiger partial charge in [0, 0.05) is 32.7 Å². The van der Waals surface area contributed by atoms with Gasteiger partial charge in [0.1, 0.15) is 5.82 Å². The minimum absolute atomic E-state index is 0.163. The second kappa shape index (κ2) is 8.78. The first kappa shape index (κ1) is 21.5. The number of aliphatic hydroxyl groups is 1. The molecule has 2 aromatic carbocycles. The van der Waals surface area contributed by atoms with E-state index in [2.05, 4.69) is 14.9 Å². The molecule has 0 radical (unpaired) electrons. The molecule has 164 valence electrons. The standard InChI is InChI=1S/C22H23F3N4O2/c23-22(24,25)16-5-3-4-15(12-16)19(30)13-28-8-10-29(11-9-28)14-20-26-18-7-2-1-6-17(18)21(31)27-20/h1-7,12,19,30H,8-11,13-14H2,(H,26,27,31). The molecule has 9 heteroatoms. The highest BCUT2D eigenvalue weighted by Gasteiger charge is 2.31. The van der Waals surface area contributed by atoms with Crippen LogP contribution in [0.3, 0.4) is 0 Å². The number of hydrogen-bond acceptors (Lipinski definition) is 5. The summed E-state index contributed by atoms with van der Waals surface area (Å²) in [5, 5.41) is 11.0. The number of nitrogens with zero attached hydrogens (tertiary/aromatic N) is 3. The second-order valence-electron chi connectivity index (χ2n) is 7.75. The number of para-hydroxylation sites is 1. The van der Waals surface area contributed by atoms with Crippen molar-refractivity contribution in [3.8, 4) is 0 Å². The van der Waals surface area contributed by atoms with Crippen LogP contribution in [0.4, 0.5) is 13.2 Å². The fourth-order valence-corrected chi connectivity index (χ4v) is 3.82. The van der Waals surface area contributed by atoms with Gasteiger partial charge in [0.15, 0.2) is 0 Å². The Labute approximate surface area is 176 Å². The van der Waals surface area contributed by atoms with Gasteiger partial charge >= 0.3 is 6.18 Å². The van der Waals surface area contributed by atoms with Crippen molar-refractivity contribution in [1.29, 1.82) is 0 Å². The lowest BCUT2D eigenvalue weighted by molar-refractivity contribution is -0.137. The molecule has 0 amide bonds. The van der Waals surface area contributed by atoms with E-state index in [4.69, 9.17) is 0 Å². The van der Waals surface area contributed by atoms with Gasteiger partial charge in [-0.2, -0.15) is 13.2 Å². The number of aliphatic hydroxyl groups excluding tert-OH is 1. The van der Waals surface area contributed by atoms with E-state index in [0.29, 0.717) is 49.5 Å². The summed E-state index contributed by atoms with van der Waals surface area (Å²) in [7, 11) is 0. The van der Waals surface area contributed by atoms with Crippen molar-refractivity contribution >= 4 is 10.9 Å². The molecule has 1 aromatic heterocycles. The smallest absolute Gasteiger partial charge is 0.387 e. The molecule has 6 nitrogen and oxygen atoms in total. The van der Waals surface area contributed by atoms with Crippen LogP contribution in [0.2, 0.25) is 0 Å². The first-order chi connectivity index (χ1) is 14.8. The highest BCUT2D eigenvalue weighted by molar-refractivity contribution is 5.77. The molecule has 1 saturated heterocycles. The molecule has 2 N–H and O–H groups in total. The van der Waals surface area contributed by atoms with Crippen LogP contribution < -0.4 is 5.56 Å². The number of aromatic amines is 1. The number of nitrogens with one attached hydrogen (secondary N) is 1. The zero-order chi connectivity index (χ0) is 22.0. The van der Waals surface area contributed by atoms with Crippen LogP contribution in [-0.2, 0) is 12.7 Å². The van der Waals surface area contributed by atoms with E-state index in [1.54, 1.807) is 18.2 Å². The van der Waals surface area contributed by atoms with Gasteiger partial charge in [-0.05, 0) is 29.8 Å². The molecule has 3 aromatic rings. The van der Waals surface area contributed by atoms with Gasteiger partial charge in [-0.3, -0.25) is 14.6 Å². The quantitative estimate of drug-likeness (QED) is 0.649. The zero-order valence-corrected chi connectivity index (χ0v) is 16.8. The van der Waals surface area contributed by atoms with Crippen molar-refractivity contribution in [2.45, 2.75) is 18.8 Å². The number of H-pyrrole nitrogens is 1. The number of hydrogen-bond donors (Lipinski definition) is 2. The van der Waals surface area contributed by atoms with Crippen molar-refractivity contribution in [3.05, 3.63) is 75.8 Å². The van der Waals surface area contributed by atoms with E-state index in [-0.39, 0.29) is 17.7 Å². The minimum atomic E-state index is -4.43. The molecule has 1 aliphatic rings. The van der Waals surface area contributed by atoms with Crippen LogP contribution in [0.5, 0.6) is 0 Å². The van der Waals surface area contributed by atoms with Crippen LogP contribution in [0.25, 0.3) is 10.9 Å². The summed E-state index contributed by atoms with van der Waals surface area (Å²) < 4.78 is 38.7. The van der Waals surface area contributed by atoms with Crippen molar-refractivity contribution in [2.75, 3.05) is 32.7 Å². The molecule has 0 saturated carbocycles. The number of β-amino-alcohol motifs (C(OH)–C–C–N with tert-alkyl or cyclic N) is 1. The molecular weight excluding hydrogens is 409 g/mol. The van der Waals surface area contributed by atoms with E-state index in [1.807, 2.05) is 11.0 Å². The average Bonchev–Trinajstić information content (AvgIpc) is 2.75. The summed E-state index contributed by atoms with van der Waals surface area (Å²) in [5.74, 6) is 0.598. The monoisotopic (exact) mass is 432 g/mol. The second-order valence-corrected chi connectivity index (χ2v) is 7.75. The Bertz CT molecular complexity index is 1110. The van der Waals surface area contributed by atoms with E-state index in [9.17, 15) is 23.1 Å². The molecule has 1 unspecified atom stereocenters. The molecule has 4 rings (SSSR count). The third-order valence-corrected chi connectivity index (χ3v) is 5.53. The third-order valence-electron chi connectivity index (χ3n) is 5.53. The van der Waals surface area contributed by atoms with Crippen LogP contribution >= 0.6 is 0 Å². The lowest BCUT2D eigenvalue weighted by Gasteiger charge is -2.35. The van der Waals surface area contributed by atoms with Crippen molar-refractivity contribution in [3.63, 3.8) is 0 Å². The summed E-state index contributed by atoms with van der Waals surface area (Å²) in [5.41, 5.74) is -0.00604. The van der Waals surface area contributed by atoms with E-state index >= 15 is 0 Å². The summed E-state index contributed by atoms with van der Waals surface area (Å²) in [6.07, 6.45) is -5.42. The minimum Gasteiger partial charge on any atom is -0.387 e. The van der Waals surface area contributed by atoms with Gasteiger partial charge in [0.05, 0.1) is 29.1 Å². The lowest BCUT2D eigenvalue weighted by atomic mass is 10.0. The summed E-state index contributed by atoms with van der Waals surface area (Å²) in [6.45, 7) is 3.49. The van der Waals surface area contributed by atoms with Crippen LogP contribution in [0.1, 0.15) is 23.1 Å².